The van der Waals surface area contributed by atoms with Gasteiger partial charge in [0.1, 0.15) is 17.7 Å². The van der Waals surface area contributed by atoms with E-state index in [1.165, 1.54) is 16.7 Å². The molecule has 1 saturated carbocycles. The molecule has 0 spiro atoms. The number of hydrogen-bond acceptors (Lipinski definition) is 6. The normalized spacial score (nSPS) is 13.8. The van der Waals surface area contributed by atoms with Crippen LogP contribution in [0.5, 0.6) is 5.88 Å². The van der Waals surface area contributed by atoms with Crippen molar-refractivity contribution < 1.29 is 14.2 Å². The molecule has 3 heterocycles. The molecule has 0 aliphatic heterocycles. The highest BCUT2D eigenvalue weighted by atomic mass is 19.1. The van der Waals surface area contributed by atoms with Crippen molar-refractivity contribution in [1.29, 1.82) is 0 Å². The zero-order chi connectivity index (χ0) is 27.0. The Bertz CT molecular complexity index is 1580. The van der Waals surface area contributed by atoms with Crippen LogP contribution in [-0.4, -0.2) is 41.5 Å². The Morgan fingerprint density at radius 3 is 2.42 bits per heavy atom. The number of halogens is 1. The third-order valence-corrected chi connectivity index (χ3v) is 7.01. The van der Waals surface area contributed by atoms with E-state index in [1.54, 1.807) is 22.8 Å². The standard InChI is InChI=1S/C28H32FN5O4/c1-17(2)34-26-24(27(36)32(28(34)37)14-5-15-35)33(16-19-8-10-20(29)11-9-19)25(31-26)22-12-13-23(30-18(22)3)38-21-6-4-7-21/h8-13,17,21,35H,4-7,14-16H2,1-3H3. The molecular formula is C28H32FN5O4. The van der Waals surface area contributed by atoms with Gasteiger partial charge in [0.2, 0.25) is 5.88 Å². The van der Waals surface area contributed by atoms with Crippen molar-refractivity contribution >= 4 is 11.2 Å². The number of benzene rings is 1. The summed E-state index contributed by atoms with van der Waals surface area (Å²) in [5.74, 6) is 0.671. The first kappa shape index (κ1) is 25.8. The fourth-order valence-electron chi connectivity index (χ4n) is 4.78. The number of aryl methyl sites for hydroxylation is 1. The minimum absolute atomic E-state index is 0.0850. The Morgan fingerprint density at radius 1 is 1.08 bits per heavy atom. The Balaban J connectivity index is 1.75. The van der Waals surface area contributed by atoms with Gasteiger partial charge in [-0.3, -0.25) is 13.9 Å². The molecule has 3 aromatic heterocycles. The molecule has 4 aromatic rings. The fraction of sp³-hybridized carbons (Fsp3) is 0.429. The number of imidazole rings is 1. The third kappa shape index (κ3) is 4.76. The molecule has 200 valence electrons. The minimum atomic E-state index is -0.480. The van der Waals surface area contributed by atoms with Gasteiger partial charge in [-0.2, -0.15) is 0 Å². The maximum absolute atomic E-state index is 13.8. The van der Waals surface area contributed by atoms with E-state index in [2.05, 4.69) is 4.98 Å². The van der Waals surface area contributed by atoms with E-state index in [-0.39, 0.29) is 55.2 Å². The second-order valence-corrected chi connectivity index (χ2v) is 10.1. The van der Waals surface area contributed by atoms with Crippen LogP contribution in [0.15, 0.2) is 46.0 Å². The average Bonchev–Trinajstić information content (AvgIpc) is 3.21. The van der Waals surface area contributed by atoms with Crippen LogP contribution in [0.3, 0.4) is 0 Å². The third-order valence-electron chi connectivity index (χ3n) is 7.01. The summed E-state index contributed by atoms with van der Waals surface area (Å²) in [6.45, 7) is 5.75. The molecule has 1 aromatic carbocycles. The number of aliphatic hydroxyl groups excluding tert-OH is 1. The lowest BCUT2D eigenvalue weighted by atomic mass is 9.96. The average molecular weight is 522 g/mol. The minimum Gasteiger partial charge on any atom is -0.474 e. The Hall–Kier alpha value is -3.79. The molecule has 9 nitrogen and oxygen atoms in total. The summed E-state index contributed by atoms with van der Waals surface area (Å²) in [6, 6.07) is 9.47. The number of aliphatic hydroxyl groups is 1. The van der Waals surface area contributed by atoms with Crippen molar-refractivity contribution in [3.05, 3.63) is 74.3 Å². The van der Waals surface area contributed by atoms with Crippen molar-refractivity contribution in [2.24, 2.45) is 0 Å². The van der Waals surface area contributed by atoms with Crippen molar-refractivity contribution in [3.63, 3.8) is 0 Å². The molecule has 0 atom stereocenters. The Kier molecular flexibility index (Phi) is 7.16. The molecule has 0 bridgehead atoms. The van der Waals surface area contributed by atoms with Crippen molar-refractivity contribution in [1.82, 2.24) is 23.7 Å². The molecule has 1 fully saturated rings. The first-order valence-electron chi connectivity index (χ1n) is 13.0. The maximum atomic E-state index is 13.8. The molecule has 1 aliphatic carbocycles. The lowest BCUT2D eigenvalue weighted by Gasteiger charge is -2.25. The summed E-state index contributed by atoms with van der Waals surface area (Å²) in [7, 11) is 0. The van der Waals surface area contributed by atoms with Crippen LogP contribution < -0.4 is 16.0 Å². The maximum Gasteiger partial charge on any atom is 0.332 e. The van der Waals surface area contributed by atoms with E-state index in [1.807, 2.05) is 26.8 Å². The molecule has 1 aliphatic rings. The molecular weight excluding hydrogens is 489 g/mol. The smallest absolute Gasteiger partial charge is 0.332 e. The van der Waals surface area contributed by atoms with E-state index in [0.717, 1.165) is 29.4 Å². The predicted molar refractivity (Wildman–Crippen MR) is 142 cm³/mol. The van der Waals surface area contributed by atoms with Gasteiger partial charge in [-0.15, -0.1) is 0 Å². The van der Waals surface area contributed by atoms with Crippen LogP contribution in [0.2, 0.25) is 0 Å². The van der Waals surface area contributed by atoms with Gasteiger partial charge in [-0.1, -0.05) is 12.1 Å². The van der Waals surface area contributed by atoms with Crippen LogP contribution in [0.4, 0.5) is 4.39 Å². The van der Waals surface area contributed by atoms with E-state index >= 15 is 0 Å². The molecule has 38 heavy (non-hydrogen) atoms. The number of aromatic nitrogens is 5. The number of nitrogens with zero attached hydrogens (tertiary/aromatic N) is 5. The SMILES string of the molecule is Cc1nc(OC2CCC2)ccc1-c1nc2c(c(=O)n(CCCO)c(=O)n2C(C)C)n1Cc1ccc(F)cc1. The summed E-state index contributed by atoms with van der Waals surface area (Å²) in [5, 5.41) is 9.36. The zero-order valence-electron chi connectivity index (χ0n) is 21.9. The summed E-state index contributed by atoms with van der Waals surface area (Å²) < 4.78 is 24.0. The van der Waals surface area contributed by atoms with Crippen LogP contribution in [-0.2, 0) is 13.1 Å². The second-order valence-electron chi connectivity index (χ2n) is 10.1. The number of rotatable bonds is 9. The first-order valence-corrected chi connectivity index (χ1v) is 13.0. The summed E-state index contributed by atoms with van der Waals surface area (Å²) in [4.78, 5) is 36.6. The molecule has 0 amide bonds. The largest absolute Gasteiger partial charge is 0.474 e. The summed E-state index contributed by atoms with van der Waals surface area (Å²) >= 11 is 0. The zero-order valence-corrected chi connectivity index (χ0v) is 21.9. The molecule has 1 N–H and O–H groups in total. The molecule has 10 heteroatoms. The van der Waals surface area contributed by atoms with Gasteiger partial charge in [-0.05, 0) is 70.2 Å². The van der Waals surface area contributed by atoms with Gasteiger partial charge in [0, 0.05) is 37.4 Å². The van der Waals surface area contributed by atoms with Gasteiger partial charge in [-0.25, -0.2) is 19.2 Å². The van der Waals surface area contributed by atoms with E-state index in [4.69, 9.17) is 9.72 Å². The number of hydrogen-bond donors (Lipinski definition) is 1. The van der Waals surface area contributed by atoms with Crippen molar-refractivity contribution in [3.8, 4) is 17.3 Å². The number of ether oxygens (including phenoxy) is 1. The topological polar surface area (TPSA) is 104 Å². The van der Waals surface area contributed by atoms with E-state index in [9.17, 15) is 19.1 Å². The van der Waals surface area contributed by atoms with Crippen LogP contribution in [0.1, 0.15) is 56.8 Å². The quantitative estimate of drug-likeness (QED) is 0.359. The molecule has 0 saturated heterocycles. The van der Waals surface area contributed by atoms with Gasteiger partial charge >= 0.3 is 5.69 Å². The van der Waals surface area contributed by atoms with Gasteiger partial charge in [0.15, 0.2) is 11.2 Å². The van der Waals surface area contributed by atoms with Gasteiger partial charge in [0.05, 0.1) is 5.69 Å². The summed E-state index contributed by atoms with van der Waals surface area (Å²) in [6.07, 6.45) is 3.65. The van der Waals surface area contributed by atoms with Crippen LogP contribution >= 0.6 is 0 Å². The van der Waals surface area contributed by atoms with Gasteiger partial charge in [0.25, 0.3) is 5.56 Å². The Labute approximate surface area is 219 Å². The number of fused-ring (bicyclic) bond motifs is 1. The summed E-state index contributed by atoms with van der Waals surface area (Å²) in [5.41, 5.74) is 1.75. The Morgan fingerprint density at radius 2 is 1.82 bits per heavy atom. The highest BCUT2D eigenvalue weighted by Crippen LogP contribution is 2.30. The highest BCUT2D eigenvalue weighted by molar-refractivity contribution is 5.78. The first-order chi connectivity index (χ1) is 18.3. The molecule has 0 radical (unpaired) electrons. The van der Waals surface area contributed by atoms with Crippen LogP contribution in [0, 0.1) is 12.7 Å². The van der Waals surface area contributed by atoms with Crippen molar-refractivity contribution in [2.75, 3.05) is 6.61 Å². The van der Waals surface area contributed by atoms with E-state index < -0.39 is 11.2 Å². The lowest BCUT2D eigenvalue weighted by molar-refractivity contribution is 0.114. The lowest BCUT2D eigenvalue weighted by Crippen LogP contribution is -2.41. The molecule has 0 unspecified atom stereocenters. The van der Waals surface area contributed by atoms with Crippen LogP contribution in [0.25, 0.3) is 22.6 Å². The van der Waals surface area contributed by atoms with Crippen molar-refractivity contribution in [2.45, 2.75) is 71.7 Å². The predicted octanol–water partition coefficient (Wildman–Crippen LogP) is 3.81. The van der Waals surface area contributed by atoms with E-state index in [0.29, 0.717) is 23.0 Å². The molecule has 5 rings (SSSR count). The number of pyridine rings is 1. The van der Waals surface area contributed by atoms with Gasteiger partial charge < -0.3 is 14.4 Å². The highest BCUT2D eigenvalue weighted by Gasteiger charge is 2.25. The monoisotopic (exact) mass is 521 g/mol. The second kappa shape index (κ2) is 10.5. The fourth-order valence-corrected chi connectivity index (χ4v) is 4.78.